The Morgan fingerprint density at radius 2 is 1.97 bits per heavy atom. The maximum atomic E-state index is 14.4. The third kappa shape index (κ3) is 4.28. The summed E-state index contributed by atoms with van der Waals surface area (Å²) in [4.78, 5) is 48.3. The minimum atomic E-state index is -0.465. The Balaban J connectivity index is 1.19. The zero-order valence-corrected chi connectivity index (χ0v) is 19.1. The average molecular weight is 470 g/mol. The lowest BCUT2D eigenvalue weighted by atomic mass is 10.1. The number of carbonyl (C=O) groups is 2. The van der Waals surface area contributed by atoms with Gasteiger partial charge in [0.15, 0.2) is 4.96 Å². The van der Waals surface area contributed by atoms with Crippen molar-refractivity contribution in [2.75, 3.05) is 37.6 Å². The molecule has 0 bridgehead atoms. The van der Waals surface area contributed by atoms with Crippen molar-refractivity contribution in [2.45, 2.75) is 19.9 Å². The van der Waals surface area contributed by atoms with Crippen LogP contribution in [0.4, 0.5) is 10.1 Å². The molecule has 4 heterocycles. The SMILES string of the molecule is Cc1ccc(N2CC(C(=O)N3CCN(Cc4cc(=O)n5ccsc5n4)CC3)CC2=O)c(F)c1. The van der Waals surface area contributed by atoms with Crippen LogP contribution in [0, 0.1) is 18.7 Å². The molecule has 0 aliphatic carbocycles. The number of halogens is 1. The Hall–Kier alpha value is -3.11. The van der Waals surface area contributed by atoms with Crippen LogP contribution >= 0.6 is 11.3 Å². The van der Waals surface area contributed by atoms with E-state index in [9.17, 15) is 18.8 Å². The lowest BCUT2D eigenvalue weighted by molar-refractivity contribution is -0.137. The second-order valence-corrected chi connectivity index (χ2v) is 9.48. The fraction of sp³-hybridized carbons (Fsp3) is 0.391. The molecule has 2 aliphatic rings. The van der Waals surface area contributed by atoms with Crippen molar-refractivity contribution in [3.8, 4) is 0 Å². The highest BCUT2D eigenvalue weighted by atomic mass is 32.1. The van der Waals surface area contributed by atoms with Crippen molar-refractivity contribution in [3.63, 3.8) is 0 Å². The minimum Gasteiger partial charge on any atom is -0.340 e. The van der Waals surface area contributed by atoms with Crippen molar-refractivity contribution in [3.05, 3.63) is 63.3 Å². The Morgan fingerprint density at radius 3 is 2.73 bits per heavy atom. The molecule has 33 heavy (non-hydrogen) atoms. The predicted molar refractivity (Wildman–Crippen MR) is 123 cm³/mol. The van der Waals surface area contributed by atoms with Gasteiger partial charge in [-0.1, -0.05) is 6.07 Å². The number of hydrogen-bond acceptors (Lipinski definition) is 6. The van der Waals surface area contributed by atoms with E-state index in [0.717, 1.165) is 11.3 Å². The number of nitrogens with zero attached hydrogens (tertiary/aromatic N) is 5. The van der Waals surface area contributed by atoms with Gasteiger partial charge in [-0.15, -0.1) is 11.3 Å². The molecule has 0 N–H and O–H groups in total. The zero-order valence-electron chi connectivity index (χ0n) is 18.2. The van der Waals surface area contributed by atoms with Gasteiger partial charge in [0.2, 0.25) is 11.8 Å². The van der Waals surface area contributed by atoms with Crippen molar-refractivity contribution in [1.82, 2.24) is 19.2 Å². The summed E-state index contributed by atoms with van der Waals surface area (Å²) < 4.78 is 15.9. The van der Waals surface area contributed by atoms with Crippen molar-refractivity contribution >= 4 is 33.8 Å². The summed E-state index contributed by atoms with van der Waals surface area (Å²) in [6.07, 6.45) is 1.81. The van der Waals surface area contributed by atoms with Crippen LogP contribution in [0.2, 0.25) is 0 Å². The van der Waals surface area contributed by atoms with Gasteiger partial charge in [-0.2, -0.15) is 0 Å². The number of piperazine rings is 1. The summed E-state index contributed by atoms with van der Waals surface area (Å²) in [5.74, 6) is -1.20. The van der Waals surface area contributed by atoms with Crippen LogP contribution in [0.15, 0.2) is 40.6 Å². The molecule has 3 aromatic rings. The van der Waals surface area contributed by atoms with E-state index in [0.29, 0.717) is 37.7 Å². The molecule has 10 heteroatoms. The summed E-state index contributed by atoms with van der Waals surface area (Å²) in [6.45, 7) is 4.95. The van der Waals surface area contributed by atoms with E-state index in [1.54, 1.807) is 36.2 Å². The summed E-state index contributed by atoms with van der Waals surface area (Å²) >= 11 is 1.42. The molecule has 8 nitrogen and oxygen atoms in total. The highest BCUT2D eigenvalue weighted by Crippen LogP contribution is 2.29. The van der Waals surface area contributed by atoms with E-state index in [-0.39, 0.29) is 36.0 Å². The van der Waals surface area contributed by atoms with Crippen LogP contribution in [-0.4, -0.2) is 63.7 Å². The van der Waals surface area contributed by atoms with Gasteiger partial charge in [-0.3, -0.25) is 23.7 Å². The molecule has 0 spiro atoms. The van der Waals surface area contributed by atoms with Gasteiger partial charge in [0, 0.05) is 63.3 Å². The number of thiazole rings is 1. The highest BCUT2D eigenvalue weighted by Gasteiger charge is 2.38. The standard InChI is InChI=1S/C23H24FN5O3S/c1-15-2-3-19(18(24)10-15)29-13-16(11-20(29)30)22(32)27-6-4-26(5-7-27)14-17-12-21(31)28-8-9-33-23(28)25-17/h2-3,8-10,12,16H,4-7,11,13-14H2,1H3. The summed E-state index contributed by atoms with van der Waals surface area (Å²) in [5.41, 5.74) is 1.64. The highest BCUT2D eigenvalue weighted by molar-refractivity contribution is 7.15. The topological polar surface area (TPSA) is 78.2 Å². The molecule has 1 unspecified atom stereocenters. The van der Waals surface area contributed by atoms with E-state index in [1.165, 1.54) is 26.7 Å². The quantitative estimate of drug-likeness (QED) is 0.583. The fourth-order valence-electron chi connectivity index (χ4n) is 4.52. The minimum absolute atomic E-state index is 0.0607. The van der Waals surface area contributed by atoms with Gasteiger partial charge in [0.25, 0.3) is 5.56 Å². The lowest BCUT2D eigenvalue weighted by Gasteiger charge is -2.35. The molecule has 0 saturated carbocycles. The van der Waals surface area contributed by atoms with E-state index in [4.69, 9.17) is 0 Å². The molecular formula is C23H24FN5O3S. The Bertz CT molecular complexity index is 1280. The number of benzene rings is 1. The Kier molecular flexibility index (Phi) is 5.71. The third-order valence-corrected chi connectivity index (χ3v) is 7.05. The maximum absolute atomic E-state index is 14.4. The molecule has 2 amide bonds. The van der Waals surface area contributed by atoms with E-state index in [2.05, 4.69) is 9.88 Å². The number of fused-ring (bicyclic) bond motifs is 1. The number of hydrogen-bond donors (Lipinski definition) is 0. The molecular weight excluding hydrogens is 445 g/mol. The molecule has 0 radical (unpaired) electrons. The van der Waals surface area contributed by atoms with Gasteiger partial charge in [0.1, 0.15) is 5.82 Å². The first kappa shape index (κ1) is 21.7. The van der Waals surface area contributed by atoms with Crippen LogP contribution in [0.1, 0.15) is 17.7 Å². The number of aromatic nitrogens is 2. The number of rotatable bonds is 4. The maximum Gasteiger partial charge on any atom is 0.258 e. The van der Waals surface area contributed by atoms with Crippen LogP contribution in [0.5, 0.6) is 0 Å². The van der Waals surface area contributed by atoms with E-state index >= 15 is 0 Å². The molecule has 2 fully saturated rings. The van der Waals surface area contributed by atoms with Crippen LogP contribution < -0.4 is 10.5 Å². The monoisotopic (exact) mass is 469 g/mol. The van der Waals surface area contributed by atoms with Crippen LogP contribution in [0.3, 0.4) is 0 Å². The lowest BCUT2D eigenvalue weighted by Crippen LogP contribution is -2.50. The first-order valence-electron chi connectivity index (χ1n) is 10.9. The van der Waals surface area contributed by atoms with E-state index in [1.807, 2.05) is 5.38 Å². The normalized spacial score (nSPS) is 19.6. The summed E-state index contributed by atoms with van der Waals surface area (Å²) in [5, 5.41) is 1.83. The first-order valence-corrected chi connectivity index (χ1v) is 11.8. The number of amides is 2. The molecule has 1 atom stereocenters. The van der Waals surface area contributed by atoms with E-state index < -0.39 is 11.7 Å². The average Bonchev–Trinajstić information content (AvgIpc) is 3.41. The number of anilines is 1. The number of carbonyl (C=O) groups excluding carboxylic acids is 2. The fourth-order valence-corrected chi connectivity index (χ4v) is 5.26. The molecule has 172 valence electrons. The number of aryl methyl sites for hydroxylation is 1. The Morgan fingerprint density at radius 1 is 1.18 bits per heavy atom. The molecule has 2 aliphatic heterocycles. The van der Waals surface area contributed by atoms with Crippen LogP contribution in [0.25, 0.3) is 4.96 Å². The molecule has 2 aromatic heterocycles. The van der Waals surface area contributed by atoms with Crippen molar-refractivity contribution in [2.24, 2.45) is 5.92 Å². The van der Waals surface area contributed by atoms with Gasteiger partial charge >= 0.3 is 0 Å². The second-order valence-electron chi connectivity index (χ2n) is 8.60. The van der Waals surface area contributed by atoms with Gasteiger partial charge < -0.3 is 9.80 Å². The molecule has 2 saturated heterocycles. The largest absolute Gasteiger partial charge is 0.340 e. The predicted octanol–water partition coefficient (Wildman–Crippen LogP) is 1.90. The Labute approximate surface area is 193 Å². The zero-order chi connectivity index (χ0) is 23.1. The second kappa shape index (κ2) is 8.68. The van der Waals surface area contributed by atoms with Crippen molar-refractivity contribution < 1.29 is 14.0 Å². The van der Waals surface area contributed by atoms with Gasteiger partial charge in [-0.25, -0.2) is 9.37 Å². The van der Waals surface area contributed by atoms with Gasteiger partial charge in [0.05, 0.1) is 17.3 Å². The third-order valence-electron chi connectivity index (χ3n) is 6.29. The van der Waals surface area contributed by atoms with Crippen LogP contribution in [-0.2, 0) is 16.1 Å². The molecule has 5 rings (SSSR count). The summed E-state index contributed by atoms with van der Waals surface area (Å²) in [6, 6.07) is 6.32. The smallest absolute Gasteiger partial charge is 0.258 e. The van der Waals surface area contributed by atoms with Gasteiger partial charge in [-0.05, 0) is 24.6 Å². The van der Waals surface area contributed by atoms with Crippen molar-refractivity contribution in [1.29, 1.82) is 0 Å². The molecule has 1 aromatic carbocycles. The summed E-state index contributed by atoms with van der Waals surface area (Å²) in [7, 11) is 0. The first-order chi connectivity index (χ1) is 15.9.